The predicted octanol–water partition coefficient (Wildman–Crippen LogP) is 3.84. The summed E-state index contributed by atoms with van der Waals surface area (Å²) in [4.78, 5) is 18.8. The van der Waals surface area contributed by atoms with Crippen molar-refractivity contribution in [3.8, 4) is 17.1 Å². The van der Waals surface area contributed by atoms with Crippen LogP contribution in [0.1, 0.15) is 36.6 Å². The Hall–Kier alpha value is -2.67. The number of hydrogen-bond acceptors (Lipinski definition) is 6. The summed E-state index contributed by atoms with van der Waals surface area (Å²) in [5, 5.41) is 17.3. The van der Waals surface area contributed by atoms with Gasteiger partial charge in [0, 0.05) is 36.9 Å². The molecule has 1 fully saturated rings. The second kappa shape index (κ2) is 7.92. The third kappa shape index (κ3) is 4.19. The Morgan fingerprint density at radius 3 is 2.70 bits per heavy atom. The number of amides is 1. The summed E-state index contributed by atoms with van der Waals surface area (Å²) < 4.78 is 5.26. The van der Waals surface area contributed by atoms with Gasteiger partial charge in [0.15, 0.2) is 0 Å². The summed E-state index contributed by atoms with van der Waals surface area (Å²) in [6.45, 7) is 1.52. The van der Waals surface area contributed by atoms with Crippen LogP contribution in [0.5, 0.6) is 5.75 Å². The number of aryl methyl sites for hydroxylation is 1. The zero-order chi connectivity index (χ0) is 18.6. The summed E-state index contributed by atoms with van der Waals surface area (Å²) >= 11 is 1.59. The maximum Gasteiger partial charge on any atom is 0.227 e. The SMILES string of the molecule is O=C(CCc1nc(-c2ccsc2)no1)N1CCC(c2ccc(O)cc2)CC1. The number of hydrogen-bond donors (Lipinski definition) is 1. The number of carbonyl (C=O) groups is 1. The first-order valence-corrected chi connectivity index (χ1v) is 10.0. The molecule has 1 N–H and O–H groups in total. The maximum absolute atomic E-state index is 12.5. The number of aromatic hydroxyl groups is 1. The van der Waals surface area contributed by atoms with E-state index in [4.69, 9.17) is 4.52 Å². The van der Waals surface area contributed by atoms with E-state index in [1.165, 1.54) is 5.56 Å². The molecule has 0 radical (unpaired) electrons. The molecule has 3 aromatic rings. The Kier molecular flexibility index (Phi) is 5.20. The summed E-state index contributed by atoms with van der Waals surface area (Å²) in [7, 11) is 0. The fourth-order valence-corrected chi connectivity index (χ4v) is 4.08. The third-order valence-electron chi connectivity index (χ3n) is 5.01. The molecule has 140 valence electrons. The highest BCUT2D eigenvalue weighted by Crippen LogP contribution is 2.29. The minimum Gasteiger partial charge on any atom is -0.508 e. The van der Waals surface area contributed by atoms with Gasteiger partial charge in [-0.05, 0) is 47.9 Å². The molecule has 2 aromatic heterocycles. The minimum atomic E-state index is 0.134. The largest absolute Gasteiger partial charge is 0.508 e. The van der Waals surface area contributed by atoms with Crippen molar-refractivity contribution in [3.63, 3.8) is 0 Å². The molecular formula is C20H21N3O3S. The van der Waals surface area contributed by atoms with Crippen molar-refractivity contribution < 1.29 is 14.4 Å². The van der Waals surface area contributed by atoms with Crippen molar-refractivity contribution in [1.29, 1.82) is 0 Å². The highest BCUT2D eigenvalue weighted by atomic mass is 32.1. The van der Waals surface area contributed by atoms with E-state index in [1.54, 1.807) is 23.5 Å². The number of rotatable bonds is 5. The molecule has 6 nitrogen and oxygen atoms in total. The van der Waals surface area contributed by atoms with Gasteiger partial charge < -0.3 is 14.5 Å². The van der Waals surface area contributed by atoms with Gasteiger partial charge >= 0.3 is 0 Å². The average Bonchev–Trinajstić information content (AvgIpc) is 3.38. The molecule has 0 saturated carbocycles. The van der Waals surface area contributed by atoms with Crippen molar-refractivity contribution in [2.45, 2.75) is 31.6 Å². The summed E-state index contributed by atoms with van der Waals surface area (Å²) in [5.41, 5.74) is 2.17. The molecule has 1 saturated heterocycles. The van der Waals surface area contributed by atoms with Gasteiger partial charge in [0.05, 0.1) is 0 Å². The van der Waals surface area contributed by atoms with E-state index in [-0.39, 0.29) is 11.7 Å². The molecule has 27 heavy (non-hydrogen) atoms. The van der Waals surface area contributed by atoms with Gasteiger partial charge in [-0.15, -0.1) is 0 Å². The molecule has 1 aromatic carbocycles. The summed E-state index contributed by atoms with van der Waals surface area (Å²) in [6.07, 6.45) is 2.74. The highest BCUT2D eigenvalue weighted by molar-refractivity contribution is 7.08. The van der Waals surface area contributed by atoms with Crippen LogP contribution in [-0.4, -0.2) is 39.1 Å². The number of phenols is 1. The van der Waals surface area contributed by atoms with Crippen LogP contribution in [-0.2, 0) is 11.2 Å². The lowest BCUT2D eigenvalue weighted by Gasteiger charge is -2.32. The molecule has 1 aliphatic heterocycles. The van der Waals surface area contributed by atoms with Crippen LogP contribution in [0.2, 0.25) is 0 Å². The number of phenolic OH excluding ortho intramolecular Hbond substituents is 1. The molecule has 7 heteroatoms. The van der Waals surface area contributed by atoms with Gasteiger partial charge in [0.1, 0.15) is 5.75 Å². The van der Waals surface area contributed by atoms with Crippen molar-refractivity contribution in [2.75, 3.05) is 13.1 Å². The number of likely N-dealkylation sites (tertiary alicyclic amines) is 1. The first-order chi connectivity index (χ1) is 13.2. The second-order valence-corrected chi connectivity index (χ2v) is 7.55. The lowest BCUT2D eigenvalue weighted by atomic mass is 9.89. The number of aromatic nitrogens is 2. The van der Waals surface area contributed by atoms with E-state index in [1.807, 2.05) is 33.9 Å². The van der Waals surface area contributed by atoms with Gasteiger partial charge in [-0.1, -0.05) is 17.3 Å². The lowest BCUT2D eigenvalue weighted by molar-refractivity contribution is -0.132. The van der Waals surface area contributed by atoms with Crippen LogP contribution < -0.4 is 0 Å². The Labute approximate surface area is 161 Å². The number of piperidine rings is 1. The number of thiophene rings is 1. The van der Waals surface area contributed by atoms with Crippen molar-refractivity contribution in [2.24, 2.45) is 0 Å². The van der Waals surface area contributed by atoms with E-state index in [2.05, 4.69) is 10.1 Å². The average molecular weight is 383 g/mol. The molecule has 3 heterocycles. The van der Waals surface area contributed by atoms with E-state index in [0.29, 0.717) is 30.5 Å². The molecule has 0 atom stereocenters. The quantitative estimate of drug-likeness (QED) is 0.724. The normalized spacial score (nSPS) is 15.2. The summed E-state index contributed by atoms with van der Waals surface area (Å²) in [5.74, 6) is 1.94. The first kappa shape index (κ1) is 17.7. The van der Waals surface area contributed by atoms with Gasteiger partial charge in [-0.3, -0.25) is 4.79 Å². The molecule has 4 rings (SSSR count). The van der Waals surface area contributed by atoms with Gasteiger partial charge in [0.2, 0.25) is 17.6 Å². The fraction of sp³-hybridized carbons (Fsp3) is 0.350. The van der Waals surface area contributed by atoms with Gasteiger partial charge in [0.25, 0.3) is 0 Å². The molecular weight excluding hydrogens is 362 g/mol. The first-order valence-electron chi connectivity index (χ1n) is 9.11. The predicted molar refractivity (Wildman–Crippen MR) is 103 cm³/mol. The Balaban J connectivity index is 1.27. The monoisotopic (exact) mass is 383 g/mol. The molecule has 0 spiro atoms. The highest BCUT2D eigenvalue weighted by Gasteiger charge is 2.24. The lowest BCUT2D eigenvalue weighted by Crippen LogP contribution is -2.38. The van der Waals surface area contributed by atoms with Crippen LogP contribution >= 0.6 is 11.3 Å². The zero-order valence-electron chi connectivity index (χ0n) is 14.9. The van der Waals surface area contributed by atoms with Crippen molar-refractivity contribution >= 4 is 17.2 Å². The van der Waals surface area contributed by atoms with Crippen LogP contribution in [0.4, 0.5) is 0 Å². The number of benzene rings is 1. The smallest absolute Gasteiger partial charge is 0.227 e. The molecule has 0 aliphatic carbocycles. The minimum absolute atomic E-state index is 0.134. The Morgan fingerprint density at radius 1 is 1.22 bits per heavy atom. The molecule has 1 amide bonds. The van der Waals surface area contributed by atoms with Crippen LogP contribution in [0.15, 0.2) is 45.6 Å². The zero-order valence-corrected chi connectivity index (χ0v) is 15.7. The summed E-state index contributed by atoms with van der Waals surface area (Å²) in [6, 6.07) is 9.34. The van der Waals surface area contributed by atoms with Gasteiger partial charge in [-0.2, -0.15) is 16.3 Å². The van der Waals surface area contributed by atoms with E-state index in [0.717, 1.165) is 31.5 Å². The van der Waals surface area contributed by atoms with E-state index >= 15 is 0 Å². The van der Waals surface area contributed by atoms with E-state index in [9.17, 15) is 9.90 Å². The molecule has 0 bridgehead atoms. The molecule has 1 aliphatic rings. The second-order valence-electron chi connectivity index (χ2n) is 6.77. The number of carbonyl (C=O) groups excluding carboxylic acids is 1. The van der Waals surface area contributed by atoms with Crippen LogP contribution in [0.3, 0.4) is 0 Å². The molecule has 0 unspecified atom stereocenters. The van der Waals surface area contributed by atoms with Crippen molar-refractivity contribution in [1.82, 2.24) is 15.0 Å². The Morgan fingerprint density at radius 2 is 2.00 bits per heavy atom. The van der Waals surface area contributed by atoms with E-state index < -0.39 is 0 Å². The number of nitrogens with zero attached hydrogens (tertiary/aromatic N) is 3. The standard InChI is InChI=1S/C20H21N3O3S/c24-17-3-1-14(2-4-17)15-7-10-23(11-8-15)19(25)6-5-18-21-20(22-26-18)16-9-12-27-13-16/h1-4,9,12-13,15,24H,5-8,10-11H2. The van der Waals surface area contributed by atoms with Gasteiger partial charge in [-0.25, -0.2) is 0 Å². The Bertz CT molecular complexity index is 882. The topological polar surface area (TPSA) is 79.5 Å². The van der Waals surface area contributed by atoms with Crippen molar-refractivity contribution in [3.05, 3.63) is 52.5 Å². The maximum atomic E-state index is 12.5. The third-order valence-corrected chi connectivity index (χ3v) is 5.70. The van der Waals surface area contributed by atoms with Crippen LogP contribution in [0, 0.1) is 0 Å². The fourth-order valence-electron chi connectivity index (χ4n) is 3.45. The van der Waals surface area contributed by atoms with Crippen LogP contribution in [0.25, 0.3) is 11.4 Å².